The van der Waals surface area contributed by atoms with Gasteiger partial charge < -0.3 is 31.9 Å². The molecule has 0 radical (unpaired) electrons. The van der Waals surface area contributed by atoms with Gasteiger partial charge in [0.25, 0.3) is 0 Å². The molecule has 3 aromatic carbocycles. The Bertz CT molecular complexity index is 5800. The molecule has 3 amide bonds. The van der Waals surface area contributed by atoms with Gasteiger partial charge in [-0.3, -0.25) is 56.3 Å². The number of carbonyl (C=O) groups excluding carboxylic acids is 3. The molecule has 0 saturated carbocycles. The Balaban J connectivity index is 0.000000136. The van der Waals surface area contributed by atoms with Crippen molar-refractivity contribution >= 4 is 102 Å². The minimum atomic E-state index is -0.0978. The smallest absolute Gasteiger partial charge is 0.242 e. The Kier molecular flexibility index (Phi) is 26.4. The molecule has 30 nitrogen and oxygen atoms in total. The van der Waals surface area contributed by atoms with Crippen LogP contribution in [0.15, 0.2) is 184 Å². The number of aromatic nitrogens is 18. The van der Waals surface area contributed by atoms with Crippen LogP contribution in [0.4, 0.5) is 32.5 Å². The third-order valence-electron chi connectivity index (χ3n) is 22.0. The van der Waals surface area contributed by atoms with Crippen molar-refractivity contribution in [1.82, 2.24) is 116 Å². The topological polar surface area (TPSA) is 316 Å². The highest BCUT2D eigenvalue weighted by molar-refractivity contribution is 7.10. The van der Waals surface area contributed by atoms with Gasteiger partial charge in [0.2, 0.25) is 17.7 Å². The lowest BCUT2D eigenvalue weighted by molar-refractivity contribution is -0.123. The lowest BCUT2D eigenvalue weighted by Gasteiger charge is -2.30. The zero-order valence-corrected chi connectivity index (χ0v) is 72.4. The number of carbonyl (C=O) groups is 3. The van der Waals surface area contributed by atoms with E-state index in [0.717, 1.165) is 176 Å². The Morgan fingerprint density at radius 3 is 1.09 bits per heavy atom. The standard InChI is InChI=1S/2C30H35N9OS.C29H33N9OS/c2*1-20-8-7-11-37(15-20)18-25-12-28(41-36-25)35-29-30-31-14-26(39(30)16-21(2)33-29)24-13-32-38(17-24)19-27(40)34-22(3)23-9-5-4-6-10-23;1-20-7-6-10-36(15-20)18-24-11-27(40-35-24)34-28-29-31-14-25(38(29)16-21(2)33-28)23-13-32-37(17-23)19-26(39)30-12-22-8-4-3-5-9-22/h2*4-6,9-10,12-14,16-17,20,22H,7-8,11,15,18-19H2,1-3H3,(H,33,35)(H,34,40);3-5,8-9,11,13-14,16-17,20H,6-7,10,12,15,18-19H2,1-2H3,(H,30,39)(H,33,34)/t2*20?,22-;/m10./s1. The molecular formula is C89H103N27O3S3. The Morgan fingerprint density at radius 1 is 0.426 bits per heavy atom. The zero-order valence-electron chi connectivity index (χ0n) is 70.0. The van der Waals surface area contributed by atoms with Gasteiger partial charge in [0.15, 0.2) is 34.4 Å². The zero-order chi connectivity index (χ0) is 84.2. The predicted octanol–water partition coefficient (Wildman–Crippen LogP) is 15.1. The number of nitrogens with zero attached hydrogens (tertiary/aromatic N) is 21. The summed E-state index contributed by atoms with van der Waals surface area (Å²) in [6, 6.07) is 35.9. The lowest BCUT2D eigenvalue weighted by atomic mass is 10.0. The molecule has 3 aliphatic rings. The van der Waals surface area contributed by atoms with Crippen LogP contribution in [0.1, 0.15) is 136 Å². The van der Waals surface area contributed by atoms with Crippen LogP contribution >= 0.6 is 34.6 Å². The number of piperidine rings is 3. The summed E-state index contributed by atoms with van der Waals surface area (Å²) in [6.45, 7) is 27.1. The molecule has 6 N–H and O–H groups in total. The lowest BCUT2D eigenvalue weighted by Crippen LogP contribution is -2.33. The Hall–Kier alpha value is -12.3. The maximum Gasteiger partial charge on any atom is 0.242 e. The first kappa shape index (κ1) is 83.4. The van der Waals surface area contributed by atoms with Crippen molar-refractivity contribution in [3.63, 3.8) is 0 Å². The van der Waals surface area contributed by atoms with E-state index in [1.165, 1.54) is 73.1 Å². The van der Waals surface area contributed by atoms with Crippen molar-refractivity contribution in [3.8, 4) is 33.8 Å². The molecule has 15 aromatic rings. The van der Waals surface area contributed by atoms with Gasteiger partial charge in [0.1, 0.15) is 34.6 Å². The summed E-state index contributed by atoms with van der Waals surface area (Å²) in [5, 5.41) is 35.5. The molecule has 3 aliphatic heterocycles. The first-order valence-electron chi connectivity index (χ1n) is 41.8. The highest BCUT2D eigenvalue weighted by atomic mass is 32.1. The number of imidazole rings is 3. The quantitative estimate of drug-likeness (QED) is 0.0279. The van der Waals surface area contributed by atoms with Gasteiger partial charge in [0, 0.05) is 99.7 Å². The maximum atomic E-state index is 12.7. The normalized spacial score (nSPS) is 16.4. The second kappa shape index (κ2) is 38.6. The summed E-state index contributed by atoms with van der Waals surface area (Å²) < 4.78 is 25.0. The van der Waals surface area contributed by atoms with Gasteiger partial charge >= 0.3 is 0 Å². The van der Waals surface area contributed by atoms with Crippen LogP contribution in [-0.2, 0) is 60.2 Å². The fourth-order valence-electron chi connectivity index (χ4n) is 16.1. The molecule has 5 atom stereocenters. The van der Waals surface area contributed by atoms with E-state index in [9.17, 15) is 14.4 Å². The number of benzene rings is 3. The maximum absolute atomic E-state index is 12.7. The third-order valence-corrected chi connectivity index (χ3v) is 24.2. The molecule has 0 bridgehead atoms. The number of nitrogens with one attached hydrogen (secondary N) is 6. The fourth-order valence-corrected chi connectivity index (χ4v) is 18.1. The number of hydrogen-bond acceptors (Lipinski definition) is 24. The van der Waals surface area contributed by atoms with Gasteiger partial charge in [-0.05, 0) is 180 Å². The number of amides is 3. The van der Waals surface area contributed by atoms with E-state index in [0.29, 0.717) is 40.9 Å². The van der Waals surface area contributed by atoms with E-state index in [4.69, 9.17) is 15.0 Å². The molecular weight excluding hydrogens is 1590 g/mol. The number of rotatable bonds is 27. The number of aryl methyl sites for hydroxylation is 3. The highest BCUT2D eigenvalue weighted by Gasteiger charge is 2.25. The summed E-state index contributed by atoms with van der Waals surface area (Å²) in [4.78, 5) is 73.5. The summed E-state index contributed by atoms with van der Waals surface area (Å²) in [5.41, 5.74) is 16.4. The van der Waals surface area contributed by atoms with Crippen LogP contribution in [0.2, 0.25) is 0 Å². The fraction of sp³-hybridized carbons (Fsp3) is 0.360. The van der Waals surface area contributed by atoms with Crippen LogP contribution in [0.3, 0.4) is 0 Å². The first-order valence-corrected chi connectivity index (χ1v) is 44.1. The molecule has 0 aliphatic carbocycles. The highest BCUT2D eigenvalue weighted by Crippen LogP contribution is 2.34. The second-order valence-electron chi connectivity index (χ2n) is 32.5. The minimum absolute atomic E-state index is 0.0815. The van der Waals surface area contributed by atoms with E-state index in [1.54, 1.807) is 32.6 Å². The molecule has 0 spiro atoms. The van der Waals surface area contributed by atoms with Crippen molar-refractivity contribution in [2.24, 2.45) is 17.8 Å². The second-order valence-corrected chi connectivity index (χ2v) is 34.9. The number of anilines is 6. The SMILES string of the molecule is Cc1cn2c(-c3cnn(CC(=O)NCc4ccccc4)c3)cnc2c(Nc2cc(CN3CCCC(C)C3)ns2)n1.Cc1cn2c(-c3cnn(CC(=O)N[C@@H](C)c4ccccc4)c3)cnc2c(Nc2cc(CN3CCCC(C)C3)ns2)n1.Cc1cn2c(-c3cnn(CC(=O)N[C@H](C)c4ccccc4)c3)cnc2c(Nc2cc(CN3CCCC(C)C3)ns2)n1. The van der Waals surface area contributed by atoms with Gasteiger partial charge in [-0.1, -0.05) is 112 Å². The van der Waals surface area contributed by atoms with Crippen molar-refractivity contribution in [2.75, 3.05) is 55.2 Å². The van der Waals surface area contributed by atoms with Gasteiger partial charge in [-0.15, -0.1) is 0 Å². The van der Waals surface area contributed by atoms with E-state index in [-0.39, 0.29) is 49.4 Å². The molecule has 3 saturated heterocycles. The minimum Gasteiger partial charge on any atom is -0.350 e. The van der Waals surface area contributed by atoms with E-state index in [1.807, 2.05) is 195 Å². The largest absolute Gasteiger partial charge is 0.350 e. The molecule has 3 unspecified atom stereocenters. The van der Waals surface area contributed by atoms with Crippen molar-refractivity contribution in [2.45, 2.75) is 152 Å². The van der Waals surface area contributed by atoms with Crippen molar-refractivity contribution in [3.05, 3.63) is 234 Å². The van der Waals surface area contributed by atoms with E-state index >= 15 is 0 Å². The molecule has 15 heterocycles. The summed E-state index contributed by atoms with van der Waals surface area (Å²) in [5.74, 6) is 3.98. The average molecular weight is 1700 g/mol. The van der Waals surface area contributed by atoms with Crippen molar-refractivity contribution < 1.29 is 14.4 Å². The van der Waals surface area contributed by atoms with Crippen LogP contribution in [0.5, 0.6) is 0 Å². The van der Waals surface area contributed by atoms with Gasteiger partial charge in [-0.2, -0.15) is 28.4 Å². The van der Waals surface area contributed by atoms with Crippen LogP contribution < -0.4 is 31.9 Å². The van der Waals surface area contributed by atoms with Crippen LogP contribution in [0.25, 0.3) is 50.7 Å². The van der Waals surface area contributed by atoms with Crippen LogP contribution in [0, 0.1) is 38.5 Å². The molecule has 122 heavy (non-hydrogen) atoms. The third kappa shape index (κ3) is 21.4. The average Bonchev–Trinajstić information content (AvgIpc) is 1.64. The van der Waals surface area contributed by atoms with Gasteiger partial charge in [-0.25, -0.2) is 29.9 Å². The number of hydrogen-bond donors (Lipinski definition) is 6. The Labute approximate surface area is 720 Å². The molecule has 630 valence electrons. The van der Waals surface area contributed by atoms with E-state index in [2.05, 4.69) is 129 Å². The molecule has 12 aromatic heterocycles. The molecule has 33 heteroatoms. The van der Waals surface area contributed by atoms with E-state index < -0.39 is 0 Å². The predicted molar refractivity (Wildman–Crippen MR) is 478 cm³/mol. The number of fused-ring (bicyclic) bond motifs is 3. The molecule has 3 fully saturated rings. The van der Waals surface area contributed by atoms with Gasteiger partial charge in [0.05, 0.1) is 101 Å². The van der Waals surface area contributed by atoms with Crippen LogP contribution in [-0.4, -0.2) is 157 Å². The summed E-state index contributed by atoms with van der Waals surface area (Å²) in [6.07, 6.45) is 29.9. The molecule has 18 rings (SSSR count). The number of likely N-dealkylation sites (tertiary alicyclic amines) is 3. The monoisotopic (exact) mass is 1690 g/mol. The summed E-state index contributed by atoms with van der Waals surface area (Å²) in [7, 11) is 0. The Morgan fingerprint density at radius 2 is 0.754 bits per heavy atom. The summed E-state index contributed by atoms with van der Waals surface area (Å²) >= 11 is 4.34. The van der Waals surface area contributed by atoms with Crippen molar-refractivity contribution in [1.29, 1.82) is 0 Å². The first-order chi connectivity index (χ1) is 59.3.